The van der Waals surface area contributed by atoms with Crippen LogP contribution in [0.3, 0.4) is 0 Å². The first-order valence-electron chi connectivity index (χ1n) is 11.1. The van der Waals surface area contributed by atoms with E-state index < -0.39 is 41.1 Å². The number of hydrogen-bond acceptors (Lipinski definition) is 9. The summed E-state index contributed by atoms with van der Waals surface area (Å²) in [5.74, 6) is -2.34. The molecule has 192 valence electrons. The molecule has 1 atom stereocenters. The summed E-state index contributed by atoms with van der Waals surface area (Å²) < 4.78 is 16.3. The fourth-order valence-electron chi connectivity index (χ4n) is 3.99. The number of rotatable bonds is 6. The number of nitrogens with one attached hydrogen (secondary N) is 1. The van der Waals surface area contributed by atoms with Gasteiger partial charge in [0, 0.05) is 7.05 Å². The molecule has 0 bridgehead atoms. The summed E-state index contributed by atoms with van der Waals surface area (Å²) in [6, 6.07) is 8.98. The molecule has 12 nitrogen and oxygen atoms in total. The minimum atomic E-state index is -1.70. The largest absolute Gasteiger partial charge is 0.495 e. The van der Waals surface area contributed by atoms with E-state index in [0.717, 1.165) is 4.57 Å². The van der Waals surface area contributed by atoms with Crippen LogP contribution in [0.15, 0.2) is 47.3 Å². The molecule has 3 aromatic rings. The van der Waals surface area contributed by atoms with Crippen LogP contribution in [0.25, 0.3) is 10.9 Å². The van der Waals surface area contributed by atoms with Crippen LogP contribution in [-0.2, 0) is 26.1 Å². The Morgan fingerprint density at radius 3 is 2.41 bits per heavy atom. The first-order valence-corrected chi connectivity index (χ1v) is 11.1. The molecule has 1 aromatic heterocycles. The van der Waals surface area contributed by atoms with E-state index in [4.69, 9.17) is 14.2 Å². The third-order valence-corrected chi connectivity index (χ3v) is 5.92. The number of imide groups is 1. The fourth-order valence-corrected chi connectivity index (χ4v) is 3.99. The van der Waals surface area contributed by atoms with E-state index >= 15 is 0 Å². The van der Waals surface area contributed by atoms with Crippen molar-refractivity contribution in [2.45, 2.75) is 25.5 Å². The number of esters is 1. The number of ether oxygens (including phenoxy) is 3. The molecular formula is C25H24N4O8. The summed E-state index contributed by atoms with van der Waals surface area (Å²) in [7, 11) is 3.95. The van der Waals surface area contributed by atoms with E-state index in [-0.39, 0.29) is 33.7 Å². The number of amides is 3. The lowest BCUT2D eigenvalue weighted by Gasteiger charge is -2.25. The van der Waals surface area contributed by atoms with Gasteiger partial charge < -0.3 is 19.5 Å². The van der Waals surface area contributed by atoms with E-state index in [2.05, 4.69) is 10.3 Å². The van der Waals surface area contributed by atoms with E-state index in [0.29, 0.717) is 4.90 Å². The third kappa shape index (κ3) is 4.37. The van der Waals surface area contributed by atoms with Gasteiger partial charge in [0.1, 0.15) is 11.6 Å². The van der Waals surface area contributed by atoms with Gasteiger partial charge in [-0.1, -0.05) is 12.1 Å². The first-order chi connectivity index (χ1) is 17.5. The van der Waals surface area contributed by atoms with Crippen LogP contribution in [-0.4, -0.2) is 58.1 Å². The smallest absolute Gasteiger partial charge is 0.418 e. The number of nitrogens with zero attached hydrogens (tertiary/aromatic N) is 3. The van der Waals surface area contributed by atoms with E-state index in [1.807, 2.05) is 0 Å². The van der Waals surface area contributed by atoms with Crippen molar-refractivity contribution in [2.75, 3.05) is 19.5 Å². The Morgan fingerprint density at radius 2 is 1.78 bits per heavy atom. The molecule has 0 saturated carbocycles. The Bertz CT molecular complexity index is 1510. The minimum Gasteiger partial charge on any atom is -0.495 e. The summed E-state index contributed by atoms with van der Waals surface area (Å²) in [5, 5.41) is 2.88. The van der Waals surface area contributed by atoms with Gasteiger partial charge in [0.05, 0.1) is 36.4 Å². The number of para-hydroxylation sites is 1. The molecule has 1 saturated heterocycles. The minimum absolute atomic E-state index is 0.0606. The number of aromatic nitrogens is 2. The number of carbonyl (C=O) groups is 4. The molecule has 0 radical (unpaired) electrons. The van der Waals surface area contributed by atoms with Gasteiger partial charge >= 0.3 is 12.1 Å². The maximum absolute atomic E-state index is 13.8. The van der Waals surface area contributed by atoms with Gasteiger partial charge in [0.15, 0.2) is 11.6 Å². The van der Waals surface area contributed by atoms with Crippen molar-refractivity contribution >= 4 is 40.5 Å². The van der Waals surface area contributed by atoms with E-state index in [1.54, 1.807) is 24.3 Å². The molecule has 2 aromatic carbocycles. The van der Waals surface area contributed by atoms with Crippen molar-refractivity contribution in [2.24, 2.45) is 7.05 Å². The molecule has 4 rings (SSSR count). The molecule has 3 amide bonds. The van der Waals surface area contributed by atoms with Crippen molar-refractivity contribution in [3.63, 3.8) is 0 Å². The van der Waals surface area contributed by atoms with E-state index in [9.17, 15) is 24.0 Å². The second-order valence-corrected chi connectivity index (χ2v) is 8.70. The highest BCUT2D eigenvalue weighted by Crippen LogP contribution is 2.34. The number of carbonyl (C=O) groups excluding carboxylic acids is 4. The topological polar surface area (TPSA) is 146 Å². The van der Waals surface area contributed by atoms with Gasteiger partial charge in [-0.05, 0) is 44.2 Å². The Hall–Kier alpha value is -4.74. The lowest BCUT2D eigenvalue weighted by molar-refractivity contribution is -0.139. The molecule has 1 aliphatic rings. The van der Waals surface area contributed by atoms with Crippen LogP contribution in [0, 0.1) is 0 Å². The fraction of sp³-hybridized carbons (Fsp3) is 0.280. The molecule has 1 fully saturated rings. The summed E-state index contributed by atoms with van der Waals surface area (Å²) in [6.45, 7) is 2.77. The summed E-state index contributed by atoms with van der Waals surface area (Å²) in [6.07, 6.45) is -1.08. The standard InChI is InChI=1S/C25H24N4O8/c1-25(2)23(33)29(24(34)37-25)18(19-26-15-9-7-6-8-14(15)21(31)28(19)3)20(30)27-16-12-13(22(32)36-5)10-11-17(16)35-4/h6-12,18H,1-5H3,(H,27,30). The van der Waals surface area contributed by atoms with Crippen molar-refractivity contribution in [3.05, 3.63) is 64.2 Å². The highest BCUT2D eigenvalue weighted by Gasteiger charge is 2.53. The molecule has 1 unspecified atom stereocenters. The maximum Gasteiger partial charge on any atom is 0.418 e. The van der Waals surface area contributed by atoms with Crippen LogP contribution >= 0.6 is 0 Å². The Labute approximate surface area is 210 Å². The predicted molar refractivity (Wildman–Crippen MR) is 130 cm³/mol. The normalized spacial score (nSPS) is 15.3. The second kappa shape index (κ2) is 9.37. The number of cyclic esters (lactones) is 1. The highest BCUT2D eigenvalue weighted by atomic mass is 16.6. The monoisotopic (exact) mass is 508 g/mol. The SMILES string of the molecule is COC(=O)c1ccc(OC)c(NC(=O)C(c2nc3ccccc3c(=O)n2C)N2C(=O)OC(C)(C)C2=O)c1. The summed E-state index contributed by atoms with van der Waals surface area (Å²) in [5.41, 5.74) is -1.59. The number of methoxy groups -OCH3 is 2. The average Bonchev–Trinajstić information content (AvgIpc) is 3.08. The molecular weight excluding hydrogens is 484 g/mol. The molecule has 0 aliphatic carbocycles. The number of hydrogen-bond donors (Lipinski definition) is 1. The van der Waals surface area contributed by atoms with Gasteiger partial charge in [-0.3, -0.25) is 19.0 Å². The van der Waals surface area contributed by atoms with Crippen LogP contribution < -0.4 is 15.6 Å². The zero-order valence-electron chi connectivity index (χ0n) is 20.7. The zero-order chi connectivity index (χ0) is 27.1. The Kier molecular flexibility index (Phi) is 6.42. The van der Waals surface area contributed by atoms with Crippen molar-refractivity contribution < 1.29 is 33.4 Å². The zero-order valence-corrected chi connectivity index (χ0v) is 20.7. The number of benzene rings is 2. The Morgan fingerprint density at radius 1 is 1.08 bits per heavy atom. The first kappa shape index (κ1) is 25.4. The number of anilines is 1. The van der Waals surface area contributed by atoms with Gasteiger partial charge in [-0.15, -0.1) is 0 Å². The Balaban J connectivity index is 1.88. The average molecular weight is 508 g/mol. The lowest BCUT2D eigenvalue weighted by Crippen LogP contribution is -2.45. The summed E-state index contributed by atoms with van der Waals surface area (Å²) in [4.78, 5) is 70.0. The quantitative estimate of drug-likeness (QED) is 0.495. The van der Waals surface area contributed by atoms with Crippen LogP contribution in [0.2, 0.25) is 0 Å². The predicted octanol–water partition coefficient (Wildman–Crippen LogP) is 2.17. The molecule has 0 spiro atoms. The maximum atomic E-state index is 13.8. The van der Waals surface area contributed by atoms with Crippen molar-refractivity contribution in [1.29, 1.82) is 0 Å². The summed E-state index contributed by atoms with van der Waals surface area (Å²) >= 11 is 0. The van der Waals surface area contributed by atoms with Crippen molar-refractivity contribution in [1.82, 2.24) is 14.5 Å². The van der Waals surface area contributed by atoms with Crippen LogP contribution in [0.4, 0.5) is 10.5 Å². The molecule has 2 heterocycles. The number of fused-ring (bicyclic) bond motifs is 1. The lowest BCUT2D eigenvalue weighted by atomic mass is 10.1. The van der Waals surface area contributed by atoms with Gasteiger partial charge in [0.25, 0.3) is 17.4 Å². The van der Waals surface area contributed by atoms with Crippen LogP contribution in [0.1, 0.15) is 36.1 Å². The van der Waals surface area contributed by atoms with Gasteiger partial charge in [-0.2, -0.15) is 0 Å². The molecule has 1 aliphatic heterocycles. The molecule has 12 heteroatoms. The van der Waals surface area contributed by atoms with Gasteiger partial charge in [-0.25, -0.2) is 19.5 Å². The highest BCUT2D eigenvalue weighted by molar-refractivity contribution is 6.08. The van der Waals surface area contributed by atoms with E-state index in [1.165, 1.54) is 53.3 Å². The second-order valence-electron chi connectivity index (χ2n) is 8.70. The molecule has 37 heavy (non-hydrogen) atoms. The molecule has 1 N–H and O–H groups in total. The van der Waals surface area contributed by atoms with Gasteiger partial charge in [0.2, 0.25) is 0 Å². The third-order valence-electron chi connectivity index (χ3n) is 5.92. The van der Waals surface area contributed by atoms with Crippen LogP contribution in [0.5, 0.6) is 5.75 Å². The van der Waals surface area contributed by atoms with Crippen molar-refractivity contribution in [3.8, 4) is 5.75 Å².